The molecule has 0 aliphatic carbocycles. The first kappa shape index (κ1) is 14.4. The SMILES string of the molecule is O=C(O)CC1CN(S(=O)(=O)c2ccccc2[N+](=O)[O-])C1. The first-order valence-electron chi connectivity index (χ1n) is 5.77. The Morgan fingerprint density at radius 1 is 1.40 bits per heavy atom. The van der Waals surface area contributed by atoms with Gasteiger partial charge in [0, 0.05) is 19.2 Å². The highest BCUT2D eigenvalue weighted by molar-refractivity contribution is 7.89. The van der Waals surface area contributed by atoms with Crippen LogP contribution in [0, 0.1) is 16.0 Å². The summed E-state index contributed by atoms with van der Waals surface area (Å²) in [4.78, 5) is 20.3. The molecule has 0 amide bonds. The largest absolute Gasteiger partial charge is 0.481 e. The maximum absolute atomic E-state index is 12.2. The molecular formula is C11H12N2O6S. The number of nitro benzene ring substituents is 1. The number of carboxylic acids is 1. The minimum Gasteiger partial charge on any atom is -0.481 e. The van der Waals surface area contributed by atoms with Crippen LogP contribution in [-0.4, -0.2) is 41.8 Å². The number of sulfonamides is 1. The van der Waals surface area contributed by atoms with E-state index in [1.54, 1.807) is 0 Å². The van der Waals surface area contributed by atoms with E-state index in [9.17, 15) is 23.3 Å². The maximum atomic E-state index is 12.2. The highest BCUT2D eigenvalue weighted by Gasteiger charge is 2.40. The Morgan fingerprint density at radius 2 is 2.00 bits per heavy atom. The van der Waals surface area contributed by atoms with Crippen molar-refractivity contribution in [3.8, 4) is 0 Å². The molecule has 20 heavy (non-hydrogen) atoms. The lowest BCUT2D eigenvalue weighted by atomic mass is 10.00. The molecule has 1 aliphatic heterocycles. The summed E-state index contributed by atoms with van der Waals surface area (Å²) in [5.41, 5.74) is -0.478. The number of rotatable bonds is 5. The smallest absolute Gasteiger partial charge is 0.303 e. The van der Waals surface area contributed by atoms with Crippen molar-refractivity contribution >= 4 is 21.7 Å². The molecule has 2 rings (SSSR count). The van der Waals surface area contributed by atoms with Gasteiger partial charge in [-0.25, -0.2) is 8.42 Å². The highest BCUT2D eigenvalue weighted by Crippen LogP contribution is 2.31. The molecule has 1 N–H and O–H groups in total. The molecule has 0 bridgehead atoms. The van der Waals surface area contributed by atoms with E-state index in [0.717, 1.165) is 10.4 Å². The average Bonchev–Trinajstić information content (AvgIpc) is 2.32. The zero-order valence-corrected chi connectivity index (χ0v) is 11.1. The normalized spacial score (nSPS) is 16.6. The molecule has 0 saturated carbocycles. The molecule has 0 atom stereocenters. The minimum atomic E-state index is -3.95. The maximum Gasteiger partial charge on any atom is 0.303 e. The quantitative estimate of drug-likeness (QED) is 0.631. The molecule has 1 fully saturated rings. The van der Waals surface area contributed by atoms with Crippen LogP contribution in [0.25, 0.3) is 0 Å². The van der Waals surface area contributed by atoms with Crippen LogP contribution in [0.4, 0.5) is 5.69 Å². The van der Waals surface area contributed by atoms with Gasteiger partial charge in [-0.15, -0.1) is 0 Å². The third-order valence-corrected chi connectivity index (χ3v) is 4.95. The number of aliphatic carboxylic acids is 1. The fourth-order valence-electron chi connectivity index (χ4n) is 2.06. The summed E-state index contributed by atoms with van der Waals surface area (Å²) < 4.78 is 25.5. The molecule has 8 nitrogen and oxygen atoms in total. The van der Waals surface area contributed by atoms with Crippen molar-refractivity contribution in [2.75, 3.05) is 13.1 Å². The van der Waals surface area contributed by atoms with Crippen LogP contribution in [0.2, 0.25) is 0 Å². The number of para-hydroxylation sites is 1. The highest BCUT2D eigenvalue weighted by atomic mass is 32.2. The average molecular weight is 300 g/mol. The van der Waals surface area contributed by atoms with E-state index in [0.29, 0.717) is 0 Å². The van der Waals surface area contributed by atoms with Crippen molar-refractivity contribution in [2.24, 2.45) is 5.92 Å². The summed E-state index contributed by atoms with van der Waals surface area (Å²) in [6.07, 6.45) is -0.108. The predicted molar refractivity (Wildman–Crippen MR) is 67.6 cm³/mol. The van der Waals surface area contributed by atoms with Crippen LogP contribution in [0.15, 0.2) is 29.2 Å². The molecule has 0 unspecified atom stereocenters. The number of benzene rings is 1. The van der Waals surface area contributed by atoms with Crippen LogP contribution < -0.4 is 0 Å². The van der Waals surface area contributed by atoms with E-state index >= 15 is 0 Å². The van der Waals surface area contributed by atoms with Crippen molar-refractivity contribution in [3.63, 3.8) is 0 Å². The van der Waals surface area contributed by atoms with Crippen molar-refractivity contribution in [1.29, 1.82) is 0 Å². The van der Waals surface area contributed by atoms with Crippen LogP contribution in [0.5, 0.6) is 0 Å². The second-order valence-corrected chi connectivity index (χ2v) is 6.42. The number of nitrogens with zero attached hydrogens (tertiary/aromatic N) is 2. The van der Waals surface area contributed by atoms with Crippen molar-refractivity contribution in [3.05, 3.63) is 34.4 Å². The van der Waals surface area contributed by atoms with Gasteiger partial charge in [-0.05, 0) is 12.0 Å². The molecule has 108 valence electrons. The van der Waals surface area contributed by atoms with Crippen LogP contribution in [0.3, 0.4) is 0 Å². The standard InChI is InChI=1S/C11H12N2O6S/c14-11(15)5-8-6-12(7-8)20(18,19)10-4-2-1-3-9(10)13(16)17/h1-4,8H,5-7H2,(H,14,15). The van der Waals surface area contributed by atoms with E-state index in [4.69, 9.17) is 5.11 Å². The van der Waals surface area contributed by atoms with Gasteiger partial charge in [0.05, 0.1) is 11.3 Å². The van der Waals surface area contributed by atoms with E-state index in [1.165, 1.54) is 18.2 Å². The van der Waals surface area contributed by atoms with Gasteiger partial charge < -0.3 is 5.11 Å². The molecule has 0 spiro atoms. The van der Waals surface area contributed by atoms with Gasteiger partial charge in [0.2, 0.25) is 10.0 Å². The monoisotopic (exact) mass is 300 g/mol. The van der Waals surface area contributed by atoms with E-state index in [-0.39, 0.29) is 30.3 Å². The lowest BCUT2D eigenvalue weighted by Crippen LogP contribution is -2.50. The number of carboxylic acid groups (broad SMARTS) is 1. The third-order valence-electron chi connectivity index (χ3n) is 3.07. The van der Waals surface area contributed by atoms with Crippen LogP contribution in [-0.2, 0) is 14.8 Å². The summed E-state index contributed by atoms with van der Waals surface area (Å²) in [5.74, 6) is -1.23. The zero-order valence-electron chi connectivity index (χ0n) is 10.3. The topological polar surface area (TPSA) is 118 Å². The second kappa shape index (κ2) is 5.17. The fraction of sp³-hybridized carbons (Fsp3) is 0.364. The van der Waals surface area contributed by atoms with Crippen LogP contribution >= 0.6 is 0 Å². The zero-order chi connectivity index (χ0) is 14.9. The number of hydrogen-bond acceptors (Lipinski definition) is 5. The molecule has 1 saturated heterocycles. The Balaban J connectivity index is 2.21. The molecular weight excluding hydrogens is 288 g/mol. The van der Waals surface area contributed by atoms with Gasteiger partial charge in [0.1, 0.15) is 0 Å². The minimum absolute atomic E-state index is 0.0701. The predicted octanol–water partition coefficient (Wildman–Crippen LogP) is 0.690. The number of hydrogen-bond donors (Lipinski definition) is 1. The number of nitro groups is 1. The molecule has 0 radical (unpaired) electrons. The molecule has 9 heteroatoms. The van der Waals surface area contributed by atoms with Gasteiger partial charge >= 0.3 is 5.97 Å². The van der Waals surface area contributed by atoms with Gasteiger partial charge in [0.25, 0.3) is 5.69 Å². The van der Waals surface area contributed by atoms with Crippen LogP contribution in [0.1, 0.15) is 6.42 Å². The van der Waals surface area contributed by atoms with Crippen molar-refractivity contribution in [2.45, 2.75) is 11.3 Å². The summed E-state index contributed by atoms with van der Waals surface area (Å²) in [5, 5.41) is 19.5. The lowest BCUT2D eigenvalue weighted by molar-refractivity contribution is -0.387. The van der Waals surface area contributed by atoms with E-state index in [2.05, 4.69) is 0 Å². The van der Waals surface area contributed by atoms with Gasteiger partial charge in [0.15, 0.2) is 4.90 Å². The second-order valence-electron chi connectivity index (χ2n) is 4.51. The third kappa shape index (κ3) is 2.63. The van der Waals surface area contributed by atoms with Gasteiger partial charge in [-0.2, -0.15) is 4.31 Å². The summed E-state index contributed by atoms with van der Waals surface area (Å²) in [7, 11) is -3.95. The molecule has 1 heterocycles. The Hall–Kier alpha value is -2.00. The Bertz CT molecular complexity index is 651. The van der Waals surface area contributed by atoms with Gasteiger partial charge in [-0.1, -0.05) is 12.1 Å². The van der Waals surface area contributed by atoms with Crippen molar-refractivity contribution in [1.82, 2.24) is 4.31 Å². The molecule has 1 aliphatic rings. The molecule has 0 aromatic heterocycles. The Labute approximate surface area is 114 Å². The van der Waals surface area contributed by atoms with Crippen molar-refractivity contribution < 1.29 is 23.2 Å². The first-order chi connectivity index (χ1) is 9.32. The Morgan fingerprint density at radius 3 is 2.55 bits per heavy atom. The fourth-order valence-corrected chi connectivity index (χ4v) is 3.81. The molecule has 1 aromatic rings. The number of carbonyl (C=O) groups is 1. The summed E-state index contributed by atoms with van der Waals surface area (Å²) in [6.45, 7) is 0.140. The summed E-state index contributed by atoms with van der Waals surface area (Å²) in [6, 6.07) is 5.11. The lowest BCUT2D eigenvalue weighted by Gasteiger charge is -2.37. The van der Waals surface area contributed by atoms with Gasteiger partial charge in [-0.3, -0.25) is 14.9 Å². The Kier molecular flexibility index (Phi) is 3.73. The first-order valence-corrected chi connectivity index (χ1v) is 7.21. The van der Waals surface area contributed by atoms with E-state index in [1.807, 2.05) is 0 Å². The van der Waals surface area contributed by atoms with E-state index < -0.39 is 26.6 Å². The molecule has 1 aromatic carbocycles. The summed E-state index contributed by atoms with van der Waals surface area (Å²) >= 11 is 0.